The van der Waals surface area contributed by atoms with Gasteiger partial charge in [-0.2, -0.15) is 5.10 Å². The second kappa shape index (κ2) is 4.78. The Morgan fingerprint density at radius 3 is 2.38 bits per heavy atom. The Hall–Kier alpha value is 0.117. The van der Waals surface area contributed by atoms with Crippen molar-refractivity contribution in [2.45, 2.75) is 45.5 Å². The highest BCUT2D eigenvalue weighted by atomic mass is 127. The summed E-state index contributed by atoms with van der Waals surface area (Å²) in [5.41, 5.74) is 1.05. The Morgan fingerprint density at radius 1 is 1.44 bits per heavy atom. The van der Waals surface area contributed by atoms with Gasteiger partial charge < -0.3 is 4.43 Å². The van der Waals surface area contributed by atoms with Crippen LogP contribution in [0, 0.1) is 3.57 Å². The van der Waals surface area contributed by atoms with Crippen LogP contribution in [0.1, 0.15) is 26.5 Å². The van der Waals surface area contributed by atoms with E-state index in [1.165, 1.54) is 3.57 Å². The monoisotopic (exact) mass is 352 g/mol. The number of aromatic nitrogens is 2. The Bertz CT molecular complexity index is 369. The molecule has 1 rings (SSSR count). The average Bonchev–Trinajstić information content (AvgIpc) is 2.39. The second-order valence-electron chi connectivity index (χ2n) is 5.65. The van der Waals surface area contributed by atoms with Crippen molar-refractivity contribution in [1.82, 2.24) is 9.78 Å². The van der Waals surface area contributed by atoms with Crippen LogP contribution in [-0.4, -0.2) is 18.1 Å². The van der Waals surface area contributed by atoms with E-state index in [0.29, 0.717) is 6.61 Å². The van der Waals surface area contributed by atoms with Crippen LogP contribution in [0.3, 0.4) is 0 Å². The Morgan fingerprint density at radius 2 is 2.00 bits per heavy atom. The van der Waals surface area contributed by atoms with E-state index in [2.05, 4.69) is 61.6 Å². The van der Waals surface area contributed by atoms with E-state index >= 15 is 0 Å². The van der Waals surface area contributed by atoms with Crippen LogP contribution >= 0.6 is 22.6 Å². The summed E-state index contributed by atoms with van der Waals surface area (Å²) in [6.45, 7) is 11.9. The van der Waals surface area contributed by atoms with E-state index in [4.69, 9.17) is 4.43 Å². The Balaban J connectivity index is 2.68. The maximum absolute atomic E-state index is 6.13. The quantitative estimate of drug-likeness (QED) is 0.615. The van der Waals surface area contributed by atoms with Crippen molar-refractivity contribution in [3.05, 3.63) is 15.5 Å². The largest absolute Gasteiger partial charge is 0.411 e. The van der Waals surface area contributed by atoms with Gasteiger partial charge in [-0.3, -0.25) is 4.68 Å². The van der Waals surface area contributed by atoms with Crippen LogP contribution in [-0.2, 0) is 18.1 Å². The van der Waals surface area contributed by atoms with Gasteiger partial charge in [0.1, 0.15) is 5.69 Å². The molecule has 0 aliphatic rings. The molecule has 0 saturated carbocycles. The maximum Gasteiger partial charge on any atom is 0.192 e. The molecule has 0 amide bonds. The van der Waals surface area contributed by atoms with Crippen LogP contribution in [0.25, 0.3) is 0 Å². The lowest BCUT2D eigenvalue weighted by Crippen LogP contribution is -2.40. The first-order valence-corrected chi connectivity index (χ1v) is 9.44. The summed E-state index contributed by atoms with van der Waals surface area (Å²) < 4.78 is 9.15. The van der Waals surface area contributed by atoms with Crippen molar-refractivity contribution in [2.75, 3.05) is 0 Å². The van der Waals surface area contributed by atoms with Crippen molar-refractivity contribution in [2.24, 2.45) is 7.05 Å². The molecule has 0 radical (unpaired) electrons. The van der Waals surface area contributed by atoms with Gasteiger partial charge in [-0.15, -0.1) is 0 Å². The summed E-state index contributed by atoms with van der Waals surface area (Å²) in [5, 5.41) is 4.66. The molecule has 1 heterocycles. The summed E-state index contributed by atoms with van der Waals surface area (Å²) in [4.78, 5) is 0. The van der Waals surface area contributed by atoms with Crippen molar-refractivity contribution in [3.8, 4) is 0 Å². The minimum absolute atomic E-state index is 0.257. The molecule has 1 aromatic rings. The van der Waals surface area contributed by atoms with Crippen LogP contribution in [0.5, 0.6) is 0 Å². The van der Waals surface area contributed by atoms with Gasteiger partial charge >= 0.3 is 0 Å². The normalized spacial score (nSPS) is 13.2. The first-order chi connectivity index (χ1) is 7.13. The molecule has 0 bridgehead atoms. The second-order valence-corrected chi connectivity index (χ2v) is 11.6. The van der Waals surface area contributed by atoms with Crippen LogP contribution < -0.4 is 0 Å². The molecule has 0 fully saturated rings. The number of nitrogens with zero attached hydrogens (tertiary/aromatic N) is 2. The zero-order valence-electron chi connectivity index (χ0n) is 11.0. The zero-order chi connectivity index (χ0) is 12.6. The molecule has 0 atom stereocenters. The number of rotatable bonds is 3. The number of aryl methyl sites for hydroxylation is 1. The first kappa shape index (κ1) is 14.2. The lowest BCUT2D eigenvalue weighted by Gasteiger charge is -2.35. The lowest BCUT2D eigenvalue weighted by atomic mass is 10.2. The molecular formula is C11H21IN2OSi. The molecule has 0 aromatic carbocycles. The summed E-state index contributed by atoms with van der Waals surface area (Å²) in [5.74, 6) is 0. The summed E-state index contributed by atoms with van der Waals surface area (Å²) >= 11 is 2.31. The minimum Gasteiger partial charge on any atom is -0.411 e. The summed E-state index contributed by atoms with van der Waals surface area (Å²) in [6.07, 6.45) is 2.02. The molecule has 1 aromatic heterocycles. The topological polar surface area (TPSA) is 27.1 Å². The van der Waals surface area contributed by atoms with Gasteiger partial charge in [-0.1, -0.05) is 20.8 Å². The van der Waals surface area contributed by atoms with Crippen LogP contribution in [0.15, 0.2) is 6.20 Å². The van der Waals surface area contributed by atoms with Gasteiger partial charge in [0.25, 0.3) is 0 Å². The first-order valence-electron chi connectivity index (χ1n) is 5.45. The third-order valence-electron chi connectivity index (χ3n) is 3.23. The fraction of sp³-hybridized carbons (Fsp3) is 0.727. The Kier molecular flexibility index (Phi) is 4.23. The molecular weight excluding hydrogens is 331 g/mol. The van der Waals surface area contributed by atoms with Gasteiger partial charge in [-0.05, 0) is 40.7 Å². The summed E-state index contributed by atoms with van der Waals surface area (Å²) in [7, 11) is 0.289. The third kappa shape index (κ3) is 3.30. The highest BCUT2D eigenvalue weighted by molar-refractivity contribution is 14.1. The maximum atomic E-state index is 6.13. The van der Waals surface area contributed by atoms with Gasteiger partial charge in [0, 0.05) is 13.2 Å². The number of halogens is 1. The average molecular weight is 352 g/mol. The Labute approximate surface area is 113 Å². The van der Waals surface area contributed by atoms with E-state index in [9.17, 15) is 0 Å². The molecule has 92 valence electrons. The SMILES string of the molecule is Cn1cc(I)c(CO[Si](C)(C)C(C)(C)C)n1. The molecule has 16 heavy (non-hydrogen) atoms. The molecule has 5 heteroatoms. The molecule has 0 spiro atoms. The van der Waals surface area contributed by atoms with Crippen LogP contribution in [0.2, 0.25) is 18.1 Å². The van der Waals surface area contributed by atoms with E-state index in [1.807, 2.05) is 17.9 Å². The smallest absolute Gasteiger partial charge is 0.192 e. The van der Waals surface area contributed by atoms with Crippen molar-refractivity contribution >= 4 is 30.9 Å². The standard InChI is InChI=1S/C11H21IN2OSi/c1-11(2,3)16(5,6)15-8-10-9(12)7-14(4)13-10/h7H,8H2,1-6H3. The van der Waals surface area contributed by atoms with Crippen molar-refractivity contribution in [3.63, 3.8) is 0 Å². The van der Waals surface area contributed by atoms with E-state index in [1.54, 1.807) is 0 Å². The van der Waals surface area contributed by atoms with Crippen molar-refractivity contribution in [1.29, 1.82) is 0 Å². The van der Waals surface area contributed by atoms with Gasteiger partial charge in [0.15, 0.2) is 8.32 Å². The van der Waals surface area contributed by atoms with Crippen LogP contribution in [0.4, 0.5) is 0 Å². The van der Waals surface area contributed by atoms with Crippen molar-refractivity contribution < 1.29 is 4.43 Å². The highest BCUT2D eigenvalue weighted by Crippen LogP contribution is 2.37. The molecule has 3 nitrogen and oxygen atoms in total. The number of hydrogen-bond acceptors (Lipinski definition) is 2. The van der Waals surface area contributed by atoms with E-state index in [-0.39, 0.29) is 5.04 Å². The predicted molar refractivity (Wildman–Crippen MR) is 77.9 cm³/mol. The zero-order valence-corrected chi connectivity index (χ0v) is 14.1. The highest BCUT2D eigenvalue weighted by Gasteiger charge is 2.37. The lowest BCUT2D eigenvalue weighted by molar-refractivity contribution is 0.270. The summed E-state index contributed by atoms with van der Waals surface area (Å²) in [6, 6.07) is 0. The minimum atomic E-state index is -1.65. The molecule has 0 aliphatic carbocycles. The molecule has 0 unspecified atom stereocenters. The van der Waals surface area contributed by atoms with E-state index in [0.717, 1.165) is 5.69 Å². The van der Waals surface area contributed by atoms with Gasteiger partial charge in [-0.25, -0.2) is 0 Å². The molecule has 0 N–H and O–H groups in total. The fourth-order valence-electron chi connectivity index (χ4n) is 1.07. The third-order valence-corrected chi connectivity index (χ3v) is 8.61. The molecule has 0 saturated heterocycles. The molecule has 0 aliphatic heterocycles. The predicted octanol–water partition coefficient (Wildman–Crippen LogP) is 3.55. The van der Waals surface area contributed by atoms with E-state index < -0.39 is 8.32 Å². The van der Waals surface area contributed by atoms with Gasteiger partial charge in [0.05, 0.1) is 10.2 Å². The fourth-order valence-corrected chi connectivity index (χ4v) is 2.67. The number of hydrogen-bond donors (Lipinski definition) is 0. The van der Waals surface area contributed by atoms with Gasteiger partial charge in [0.2, 0.25) is 0 Å².